The van der Waals surface area contributed by atoms with Gasteiger partial charge in [-0.1, -0.05) is 28.4 Å². The summed E-state index contributed by atoms with van der Waals surface area (Å²) in [7, 11) is 0. The number of hydrogen-bond acceptors (Lipinski definition) is 5. The van der Waals surface area contributed by atoms with Crippen molar-refractivity contribution in [1.82, 2.24) is 25.2 Å². The summed E-state index contributed by atoms with van der Waals surface area (Å²) in [6.45, 7) is 5.02. The Bertz CT molecular complexity index is 932. The Kier molecular flexibility index (Phi) is 4.53. The predicted molar refractivity (Wildman–Crippen MR) is 93.7 cm³/mol. The highest BCUT2D eigenvalue weighted by Crippen LogP contribution is 2.26. The maximum absolute atomic E-state index is 11.3. The largest absolute Gasteiger partial charge is 0.344 e. The van der Waals surface area contributed by atoms with Crippen molar-refractivity contribution in [3.8, 4) is 17.1 Å². The van der Waals surface area contributed by atoms with Gasteiger partial charge in [0.15, 0.2) is 5.82 Å². The second-order valence-electron chi connectivity index (χ2n) is 6.00. The van der Waals surface area contributed by atoms with Crippen molar-refractivity contribution in [3.63, 3.8) is 0 Å². The highest BCUT2D eigenvalue weighted by atomic mass is 35.5. The van der Waals surface area contributed by atoms with Crippen molar-refractivity contribution in [1.29, 1.82) is 0 Å². The second-order valence-corrected chi connectivity index (χ2v) is 6.84. The Morgan fingerprint density at radius 1 is 1.32 bits per heavy atom. The standard InChI is InChI=1S/C16H15Cl2N5O2/c1-9(24)21-16(2,3)15-20-14(25-22-15)10-7-19-23(8-10)13-5-4-11(17)6-12(13)18/h4-8H,1-3H3,(H,21,24). The van der Waals surface area contributed by atoms with Crippen LogP contribution in [0.5, 0.6) is 0 Å². The Morgan fingerprint density at radius 2 is 2.08 bits per heavy atom. The molecule has 0 bridgehead atoms. The van der Waals surface area contributed by atoms with Gasteiger partial charge in [0.1, 0.15) is 0 Å². The number of halogens is 2. The van der Waals surface area contributed by atoms with Gasteiger partial charge in [0.05, 0.1) is 28.0 Å². The van der Waals surface area contributed by atoms with Crippen LogP contribution in [0.1, 0.15) is 26.6 Å². The van der Waals surface area contributed by atoms with Crippen molar-refractivity contribution in [2.24, 2.45) is 0 Å². The van der Waals surface area contributed by atoms with Crippen LogP contribution in [-0.4, -0.2) is 25.8 Å². The molecule has 130 valence electrons. The molecule has 0 atom stereocenters. The van der Waals surface area contributed by atoms with Crippen LogP contribution in [0.15, 0.2) is 35.1 Å². The summed E-state index contributed by atoms with van der Waals surface area (Å²) >= 11 is 12.1. The third-order valence-electron chi connectivity index (χ3n) is 3.46. The van der Waals surface area contributed by atoms with Crippen molar-refractivity contribution >= 4 is 29.1 Å². The van der Waals surface area contributed by atoms with E-state index in [2.05, 4.69) is 20.6 Å². The molecule has 0 fully saturated rings. The lowest BCUT2D eigenvalue weighted by atomic mass is 10.1. The van der Waals surface area contributed by atoms with Gasteiger partial charge in [0.2, 0.25) is 5.91 Å². The first kappa shape index (κ1) is 17.4. The van der Waals surface area contributed by atoms with Crippen molar-refractivity contribution < 1.29 is 9.32 Å². The lowest BCUT2D eigenvalue weighted by Gasteiger charge is -2.20. The number of amides is 1. The van der Waals surface area contributed by atoms with E-state index in [0.29, 0.717) is 33.0 Å². The topological polar surface area (TPSA) is 85.8 Å². The minimum atomic E-state index is -0.747. The number of nitrogens with one attached hydrogen (secondary N) is 1. The summed E-state index contributed by atoms with van der Waals surface area (Å²) in [5, 5.41) is 12.0. The van der Waals surface area contributed by atoms with E-state index in [0.717, 1.165) is 0 Å². The molecule has 0 saturated heterocycles. The molecule has 1 aromatic carbocycles. The van der Waals surface area contributed by atoms with E-state index in [1.807, 2.05) is 0 Å². The van der Waals surface area contributed by atoms with Gasteiger partial charge in [-0.15, -0.1) is 0 Å². The molecule has 7 nitrogen and oxygen atoms in total. The van der Waals surface area contributed by atoms with Gasteiger partial charge < -0.3 is 9.84 Å². The van der Waals surface area contributed by atoms with Crippen LogP contribution in [-0.2, 0) is 10.3 Å². The molecule has 0 saturated carbocycles. The maximum Gasteiger partial charge on any atom is 0.261 e. The van der Waals surface area contributed by atoms with Gasteiger partial charge in [0, 0.05) is 18.1 Å². The van der Waals surface area contributed by atoms with Crippen LogP contribution < -0.4 is 5.32 Å². The molecule has 0 aliphatic carbocycles. The summed E-state index contributed by atoms with van der Waals surface area (Å²) in [6.07, 6.45) is 3.31. The Labute approximate surface area is 153 Å². The summed E-state index contributed by atoms with van der Waals surface area (Å²) in [6, 6.07) is 5.13. The molecule has 1 amide bonds. The molecular formula is C16H15Cl2N5O2. The molecule has 25 heavy (non-hydrogen) atoms. The number of rotatable bonds is 4. The highest BCUT2D eigenvalue weighted by Gasteiger charge is 2.28. The average molecular weight is 380 g/mol. The molecule has 0 spiro atoms. The fourth-order valence-electron chi connectivity index (χ4n) is 2.32. The minimum Gasteiger partial charge on any atom is -0.344 e. The van der Waals surface area contributed by atoms with Gasteiger partial charge in [-0.2, -0.15) is 10.1 Å². The van der Waals surface area contributed by atoms with Crippen molar-refractivity contribution in [3.05, 3.63) is 46.5 Å². The smallest absolute Gasteiger partial charge is 0.261 e. The molecule has 0 radical (unpaired) electrons. The zero-order valence-electron chi connectivity index (χ0n) is 13.7. The quantitative estimate of drug-likeness (QED) is 0.748. The van der Waals surface area contributed by atoms with E-state index in [1.54, 1.807) is 49.1 Å². The number of nitrogens with zero attached hydrogens (tertiary/aromatic N) is 4. The molecule has 0 aliphatic rings. The van der Waals surface area contributed by atoms with Gasteiger partial charge in [-0.25, -0.2) is 4.68 Å². The number of benzene rings is 1. The molecule has 1 N–H and O–H groups in total. The maximum atomic E-state index is 11.3. The van der Waals surface area contributed by atoms with Crippen LogP contribution in [0.3, 0.4) is 0 Å². The van der Waals surface area contributed by atoms with Crippen molar-refractivity contribution in [2.75, 3.05) is 0 Å². The van der Waals surface area contributed by atoms with Gasteiger partial charge >= 0.3 is 0 Å². The molecule has 0 aliphatic heterocycles. The van der Waals surface area contributed by atoms with Crippen LogP contribution in [0.25, 0.3) is 17.1 Å². The fraction of sp³-hybridized carbons (Fsp3) is 0.250. The second kappa shape index (κ2) is 6.50. The molecule has 0 unspecified atom stereocenters. The zero-order valence-corrected chi connectivity index (χ0v) is 15.3. The first-order valence-electron chi connectivity index (χ1n) is 7.39. The zero-order chi connectivity index (χ0) is 18.2. The van der Waals surface area contributed by atoms with Crippen LogP contribution in [0.2, 0.25) is 10.0 Å². The number of carbonyl (C=O) groups excluding carboxylic acids is 1. The molecule has 2 heterocycles. The normalized spacial score (nSPS) is 11.6. The van der Waals surface area contributed by atoms with E-state index < -0.39 is 5.54 Å². The summed E-state index contributed by atoms with van der Waals surface area (Å²) in [5.74, 6) is 0.487. The predicted octanol–water partition coefficient (Wildman–Crippen LogP) is 3.60. The monoisotopic (exact) mass is 379 g/mol. The third-order valence-corrected chi connectivity index (χ3v) is 4.00. The average Bonchev–Trinajstić information content (AvgIpc) is 3.15. The number of aromatic nitrogens is 4. The van der Waals surface area contributed by atoms with Crippen molar-refractivity contribution in [2.45, 2.75) is 26.3 Å². The van der Waals surface area contributed by atoms with E-state index in [-0.39, 0.29) is 5.91 Å². The molecule has 3 aromatic rings. The van der Waals surface area contributed by atoms with Crippen LogP contribution >= 0.6 is 23.2 Å². The van der Waals surface area contributed by atoms with E-state index in [9.17, 15) is 4.79 Å². The van der Waals surface area contributed by atoms with Gasteiger partial charge in [-0.05, 0) is 32.0 Å². The first-order valence-corrected chi connectivity index (χ1v) is 8.15. The molecular weight excluding hydrogens is 365 g/mol. The first-order chi connectivity index (χ1) is 11.8. The Hall–Kier alpha value is -2.38. The number of hydrogen-bond donors (Lipinski definition) is 1. The Balaban J connectivity index is 1.89. The van der Waals surface area contributed by atoms with Gasteiger partial charge in [-0.3, -0.25) is 4.79 Å². The van der Waals surface area contributed by atoms with Gasteiger partial charge in [0.25, 0.3) is 5.89 Å². The molecule has 9 heteroatoms. The van der Waals surface area contributed by atoms with Crippen LogP contribution in [0.4, 0.5) is 0 Å². The summed E-state index contributed by atoms with van der Waals surface area (Å²) in [4.78, 5) is 15.6. The summed E-state index contributed by atoms with van der Waals surface area (Å²) < 4.78 is 6.89. The highest BCUT2D eigenvalue weighted by molar-refractivity contribution is 6.35. The molecule has 2 aromatic heterocycles. The van der Waals surface area contributed by atoms with Crippen LogP contribution in [0, 0.1) is 0 Å². The molecule has 3 rings (SSSR count). The van der Waals surface area contributed by atoms with E-state index in [1.165, 1.54) is 6.92 Å². The number of carbonyl (C=O) groups is 1. The fourth-order valence-corrected chi connectivity index (χ4v) is 2.82. The minimum absolute atomic E-state index is 0.179. The lowest BCUT2D eigenvalue weighted by Crippen LogP contribution is -2.40. The summed E-state index contributed by atoms with van der Waals surface area (Å²) in [5.41, 5.74) is 0.558. The SMILES string of the molecule is CC(=O)NC(C)(C)c1noc(-c2cnn(-c3ccc(Cl)cc3Cl)c2)n1. The lowest BCUT2D eigenvalue weighted by molar-refractivity contribution is -0.120. The van der Waals surface area contributed by atoms with E-state index >= 15 is 0 Å². The van der Waals surface area contributed by atoms with E-state index in [4.69, 9.17) is 27.7 Å². The Morgan fingerprint density at radius 3 is 2.76 bits per heavy atom. The third kappa shape index (κ3) is 3.67.